The second kappa shape index (κ2) is 6.18. The Morgan fingerprint density at radius 2 is 2.17 bits per heavy atom. The fraction of sp³-hybridized carbons (Fsp3) is 0.571. The van der Waals surface area contributed by atoms with Crippen molar-refractivity contribution in [1.29, 1.82) is 0 Å². The fourth-order valence-corrected chi connectivity index (χ4v) is 2.43. The molecule has 0 amide bonds. The molecule has 1 saturated heterocycles. The van der Waals surface area contributed by atoms with E-state index in [0.717, 1.165) is 37.2 Å². The maximum Gasteiger partial charge on any atom is 0.118 e. The van der Waals surface area contributed by atoms with Gasteiger partial charge in [0, 0.05) is 19.1 Å². The Morgan fingerprint density at radius 1 is 1.44 bits per heavy atom. The van der Waals surface area contributed by atoms with E-state index in [1.54, 1.807) is 7.11 Å². The summed E-state index contributed by atoms with van der Waals surface area (Å²) in [6, 6.07) is 7.82. The van der Waals surface area contributed by atoms with Gasteiger partial charge in [-0.25, -0.2) is 0 Å². The van der Waals surface area contributed by atoms with Gasteiger partial charge >= 0.3 is 0 Å². The molecular formula is C14H22N2O2. The molecule has 0 radical (unpaired) electrons. The molecule has 100 valence electrons. The lowest BCUT2D eigenvalue weighted by Gasteiger charge is -2.32. The lowest BCUT2D eigenvalue weighted by Crippen LogP contribution is -2.44. The quantitative estimate of drug-likeness (QED) is 0.841. The molecule has 18 heavy (non-hydrogen) atoms. The van der Waals surface area contributed by atoms with Gasteiger partial charge in [-0.1, -0.05) is 12.1 Å². The van der Waals surface area contributed by atoms with Gasteiger partial charge in [0.2, 0.25) is 0 Å². The van der Waals surface area contributed by atoms with E-state index >= 15 is 0 Å². The molecule has 0 bridgehead atoms. The summed E-state index contributed by atoms with van der Waals surface area (Å²) in [5.41, 5.74) is 6.86. The third-order valence-corrected chi connectivity index (χ3v) is 3.47. The van der Waals surface area contributed by atoms with Crippen molar-refractivity contribution in [2.24, 2.45) is 5.73 Å². The number of likely N-dealkylation sites (tertiary alicyclic amines) is 1. The molecule has 1 aromatic carbocycles. The first kappa shape index (κ1) is 13.3. The van der Waals surface area contributed by atoms with Crippen LogP contribution in [0, 0.1) is 0 Å². The molecule has 1 fully saturated rings. The van der Waals surface area contributed by atoms with Crippen LogP contribution in [-0.4, -0.2) is 42.8 Å². The smallest absolute Gasteiger partial charge is 0.118 e. The Bertz CT molecular complexity index is 367. The van der Waals surface area contributed by atoms with Gasteiger partial charge < -0.3 is 15.6 Å². The van der Waals surface area contributed by atoms with Crippen molar-refractivity contribution in [1.82, 2.24) is 4.90 Å². The molecule has 1 aliphatic heterocycles. The van der Waals surface area contributed by atoms with Crippen molar-refractivity contribution in [2.75, 3.05) is 26.7 Å². The van der Waals surface area contributed by atoms with E-state index in [-0.39, 0.29) is 6.04 Å². The van der Waals surface area contributed by atoms with Crippen LogP contribution in [-0.2, 0) is 0 Å². The Hall–Kier alpha value is -1.10. The van der Waals surface area contributed by atoms with Gasteiger partial charge in [-0.05, 0) is 37.1 Å². The lowest BCUT2D eigenvalue weighted by atomic mass is 10.0. The van der Waals surface area contributed by atoms with Crippen molar-refractivity contribution in [3.8, 4) is 5.75 Å². The van der Waals surface area contributed by atoms with E-state index in [1.165, 1.54) is 0 Å². The molecule has 1 aliphatic rings. The molecule has 2 unspecified atom stereocenters. The number of piperidine rings is 1. The predicted octanol–water partition coefficient (Wildman–Crippen LogP) is 1.15. The maximum absolute atomic E-state index is 10.2. The molecule has 2 rings (SSSR count). The van der Waals surface area contributed by atoms with E-state index in [1.807, 2.05) is 24.3 Å². The average Bonchev–Trinajstić information content (AvgIpc) is 2.39. The summed E-state index contributed by atoms with van der Waals surface area (Å²) < 4.78 is 5.10. The summed E-state index contributed by atoms with van der Waals surface area (Å²) >= 11 is 0. The summed E-state index contributed by atoms with van der Waals surface area (Å²) in [5.74, 6) is 0.811. The second-order valence-electron chi connectivity index (χ2n) is 4.95. The predicted molar refractivity (Wildman–Crippen MR) is 71.6 cm³/mol. The second-order valence-corrected chi connectivity index (χ2v) is 4.95. The highest BCUT2D eigenvalue weighted by atomic mass is 16.5. The van der Waals surface area contributed by atoms with Crippen LogP contribution in [0.4, 0.5) is 0 Å². The van der Waals surface area contributed by atoms with Gasteiger partial charge in [0.05, 0.1) is 13.2 Å². The van der Waals surface area contributed by atoms with Crippen LogP contribution in [0.15, 0.2) is 24.3 Å². The highest BCUT2D eigenvalue weighted by molar-refractivity contribution is 5.28. The van der Waals surface area contributed by atoms with Crippen LogP contribution < -0.4 is 10.5 Å². The van der Waals surface area contributed by atoms with E-state index in [4.69, 9.17) is 10.5 Å². The van der Waals surface area contributed by atoms with E-state index in [2.05, 4.69) is 4.90 Å². The number of hydrogen-bond donors (Lipinski definition) is 2. The summed E-state index contributed by atoms with van der Waals surface area (Å²) in [6.45, 7) is 2.56. The SMILES string of the molecule is COc1ccc(C(O)CN2CCCC(N)C2)cc1. The van der Waals surface area contributed by atoms with Crippen LogP contribution in [0.5, 0.6) is 5.75 Å². The Labute approximate surface area is 108 Å². The van der Waals surface area contributed by atoms with Gasteiger partial charge in [0.1, 0.15) is 5.75 Å². The molecule has 0 aliphatic carbocycles. The first-order valence-electron chi connectivity index (χ1n) is 6.49. The summed E-state index contributed by atoms with van der Waals surface area (Å²) in [4.78, 5) is 2.24. The van der Waals surface area contributed by atoms with Gasteiger partial charge in [-0.2, -0.15) is 0 Å². The molecule has 1 heterocycles. The lowest BCUT2D eigenvalue weighted by molar-refractivity contribution is 0.0961. The summed E-state index contributed by atoms with van der Waals surface area (Å²) in [7, 11) is 1.64. The van der Waals surface area contributed by atoms with Crippen molar-refractivity contribution < 1.29 is 9.84 Å². The zero-order chi connectivity index (χ0) is 13.0. The van der Waals surface area contributed by atoms with E-state index < -0.39 is 6.10 Å². The van der Waals surface area contributed by atoms with Crippen LogP contribution in [0.1, 0.15) is 24.5 Å². The van der Waals surface area contributed by atoms with Gasteiger partial charge in [0.15, 0.2) is 0 Å². The number of nitrogens with zero attached hydrogens (tertiary/aromatic N) is 1. The van der Waals surface area contributed by atoms with Crippen LogP contribution in [0.2, 0.25) is 0 Å². The number of aliphatic hydroxyl groups excluding tert-OH is 1. The number of nitrogens with two attached hydrogens (primary N) is 1. The Kier molecular flexibility index (Phi) is 4.58. The fourth-order valence-electron chi connectivity index (χ4n) is 2.43. The van der Waals surface area contributed by atoms with Gasteiger partial charge in [-0.3, -0.25) is 4.90 Å². The van der Waals surface area contributed by atoms with Crippen molar-refractivity contribution in [3.05, 3.63) is 29.8 Å². The van der Waals surface area contributed by atoms with E-state index in [9.17, 15) is 5.11 Å². The van der Waals surface area contributed by atoms with Crippen molar-refractivity contribution >= 4 is 0 Å². The molecule has 4 nitrogen and oxygen atoms in total. The number of aliphatic hydroxyl groups is 1. The average molecular weight is 250 g/mol. The van der Waals surface area contributed by atoms with Gasteiger partial charge in [0.25, 0.3) is 0 Å². The minimum absolute atomic E-state index is 0.252. The molecule has 0 aromatic heterocycles. The first-order valence-corrected chi connectivity index (χ1v) is 6.49. The Morgan fingerprint density at radius 3 is 2.78 bits per heavy atom. The van der Waals surface area contributed by atoms with Crippen LogP contribution >= 0.6 is 0 Å². The Balaban J connectivity index is 1.91. The van der Waals surface area contributed by atoms with Crippen molar-refractivity contribution in [2.45, 2.75) is 25.0 Å². The van der Waals surface area contributed by atoms with Crippen molar-refractivity contribution in [3.63, 3.8) is 0 Å². The largest absolute Gasteiger partial charge is 0.497 e. The summed E-state index contributed by atoms with van der Waals surface area (Å²) in [5, 5.41) is 10.2. The summed E-state index contributed by atoms with van der Waals surface area (Å²) in [6.07, 6.45) is 1.76. The molecule has 2 atom stereocenters. The number of benzene rings is 1. The number of ether oxygens (including phenoxy) is 1. The number of β-amino-alcohol motifs (C(OH)–C–C–N with tert-alkyl or cyclic N) is 1. The van der Waals surface area contributed by atoms with E-state index in [0.29, 0.717) is 6.54 Å². The minimum Gasteiger partial charge on any atom is -0.497 e. The molecule has 3 N–H and O–H groups in total. The topological polar surface area (TPSA) is 58.7 Å². The van der Waals surface area contributed by atoms with Crippen LogP contribution in [0.3, 0.4) is 0 Å². The molecule has 4 heteroatoms. The monoisotopic (exact) mass is 250 g/mol. The normalized spacial score (nSPS) is 22.7. The number of rotatable bonds is 4. The van der Waals surface area contributed by atoms with Crippen LogP contribution in [0.25, 0.3) is 0 Å². The third kappa shape index (κ3) is 3.45. The molecule has 0 saturated carbocycles. The molecule has 0 spiro atoms. The highest BCUT2D eigenvalue weighted by Gasteiger charge is 2.19. The minimum atomic E-state index is -0.457. The first-order chi connectivity index (χ1) is 8.69. The zero-order valence-electron chi connectivity index (χ0n) is 10.9. The molecule has 1 aromatic rings. The zero-order valence-corrected chi connectivity index (χ0v) is 10.9. The maximum atomic E-state index is 10.2. The third-order valence-electron chi connectivity index (χ3n) is 3.47. The number of hydrogen-bond acceptors (Lipinski definition) is 4. The standard InChI is InChI=1S/C14H22N2O2/c1-18-13-6-4-11(5-7-13)14(17)10-16-8-2-3-12(15)9-16/h4-7,12,14,17H,2-3,8-10,15H2,1H3. The highest BCUT2D eigenvalue weighted by Crippen LogP contribution is 2.19. The number of methoxy groups -OCH3 is 1. The molecular weight excluding hydrogens is 228 g/mol. The van der Waals surface area contributed by atoms with Gasteiger partial charge in [-0.15, -0.1) is 0 Å².